The summed E-state index contributed by atoms with van der Waals surface area (Å²) in [5.74, 6) is 0.863. The van der Waals surface area contributed by atoms with Crippen LogP contribution in [0, 0.1) is 0 Å². The lowest BCUT2D eigenvalue weighted by molar-refractivity contribution is -0.0397. The molecule has 0 aromatic heterocycles. The molecule has 0 radical (unpaired) electrons. The Labute approximate surface area is 116 Å². The van der Waals surface area contributed by atoms with Crippen molar-refractivity contribution in [3.8, 4) is 5.75 Å². The molecule has 0 saturated carbocycles. The van der Waals surface area contributed by atoms with Gasteiger partial charge in [-0.15, -0.1) is 0 Å². The molecular weight excluding hydrogens is 240 g/mol. The summed E-state index contributed by atoms with van der Waals surface area (Å²) < 4.78 is 10.7. The van der Waals surface area contributed by atoms with Crippen molar-refractivity contribution in [1.82, 2.24) is 0 Å². The van der Waals surface area contributed by atoms with Crippen molar-refractivity contribution < 1.29 is 14.6 Å². The molecule has 0 aliphatic rings. The second-order valence-electron chi connectivity index (χ2n) is 4.74. The summed E-state index contributed by atoms with van der Waals surface area (Å²) in [6.07, 6.45) is 3.12. The first kappa shape index (κ1) is 16.0. The van der Waals surface area contributed by atoms with E-state index in [0.717, 1.165) is 31.4 Å². The Morgan fingerprint density at radius 2 is 1.79 bits per heavy atom. The lowest BCUT2D eigenvalue weighted by Crippen LogP contribution is -2.29. The summed E-state index contributed by atoms with van der Waals surface area (Å²) >= 11 is 0. The minimum atomic E-state index is -0.387. The van der Waals surface area contributed by atoms with Gasteiger partial charge in [0.2, 0.25) is 0 Å². The highest BCUT2D eigenvalue weighted by molar-refractivity contribution is 5.27. The molecular formula is C16H26O3. The molecule has 108 valence electrons. The molecule has 0 fully saturated rings. The first-order valence-electron chi connectivity index (χ1n) is 7.13. The normalized spacial score (nSPS) is 14.1. The predicted molar refractivity (Wildman–Crippen MR) is 77.6 cm³/mol. The topological polar surface area (TPSA) is 38.7 Å². The van der Waals surface area contributed by atoms with E-state index in [1.54, 1.807) is 7.11 Å². The zero-order valence-corrected chi connectivity index (χ0v) is 12.3. The highest BCUT2D eigenvalue weighted by Gasteiger charge is 2.18. The lowest BCUT2D eigenvalue weighted by Gasteiger charge is -2.22. The Morgan fingerprint density at radius 1 is 1.11 bits per heavy atom. The Bertz CT molecular complexity index is 328. The summed E-state index contributed by atoms with van der Waals surface area (Å²) in [5, 5.41) is 10.2. The molecule has 0 amide bonds. The van der Waals surface area contributed by atoms with Crippen LogP contribution in [-0.4, -0.2) is 31.0 Å². The van der Waals surface area contributed by atoms with Crippen molar-refractivity contribution in [1.29, 1.82) is 0 Å². The van der Waals surface area contributed by atoms with Gasteiger partial charge in [-0.05, 0) is 43.9 Å². The zero-order chi connectivity index (χ0) is 14.1. The highest BCUT2D eigenvalue weighted by atomic mass is 16.5. The Kier molecular flexibility index (Phi) is 7.53. The van der Waals surface area contributed by atoms with Gasteiger partial charge in [0, 0.05) is 6.61 Å². The predicted octanol–water partition coefficient (Wildman–Crippen LogP) is 3.19. The van der Waals surface area contributed by atoms with Crippen molar-refractivity contribution in [3.63, 3.8) is 0 Å². The average Bonchev–Trinajstić information content (AvgIpc) is 2.45. The van der Waals surface area contributed by atoms with Gasteiger partial charge in [-0.2, -0.15) is 0 Å². The van der Waals surface area contributed by atoms with Gasteiger partial charge in [-0.3, -0.25) is 0 Å². The zero-order valence-electron chi connectivity index (χ0n) is 12.3. The van der Waals surface area contributed by atoms with Gasteiger partial charge < -0.3 is 14.6 Å². The largest absolute Gasteiger partial charge is 0.497 e. The first-order chi connectivity index (χ1) is 9.21. The molecule has 3 heteroatoms. The van der Waals surface area contributed by atoms with Gasteiger partial charge in [0.1, 0.15) is 5.75 Å². The van der Waals surface area contributed by atoms with Crippen LogP contribution >= 0.6 is 0 Å². The molecule has 1 aromatic carbocycles. The number of hydrogen-bond donors (Lipinski definition) is 1. The molecule has 2 atom stereocenters. The number of hydrogen-bond acceptors (Lipinski definition) is 3. The molecule has 3 nitrogen and oxygen atoms in total. The number of methoxy groups -OCH3 is 1. The standard InChI is InChI=1S/C16H26O3/c1-4-6-16(19-5-2)15(17)12-9-13-7-10-14(18-3)11-8-13/h7-8,10-11,15-17H,4-6,9,12H2,1-3H3. The summed E-state index contributed by atoms with van der Waals surface area (Å²) in [5.41, 5.74) is 1.21. The highest BCUT2D eigenvalue weighted by Crippen LogP contribution is 2.16. The first-order valence-corrected chi connectivity index (χ1v) is 7.13. The van der Waals surface area contributed by atoms with Crippen LogP contribution in [0.25, 0.3) is 0 Å². The Morgan fingerprint density at radius 3 is 2.32 bits per heavy atom. The van der Waals surface area contributed by atoms with E-state index in [4.69, 9.17) is 9.47 Å². The van der Waals surface area contributed by atoms with Gasteiger partial charge in [0.15, 0.2) is 0 Å². The van der Waals surface area contributed by atoms with Crippen molar-refractivity contribution in [2.45, 2.75) is 51.7 Å². The van der Waals surface area contributed by atoms with E-state index in [2.05, 4.69) is 6.92 Å². The summed E-state index contributed by atoms with van der Waals surface area (Å²) in [6, 6.07) is 7.99. The van der Waals surface area contributed by atoms with Crippen LogP contribution in [0.2, 0.25) is 0 Å². The summed E-state index contributed by atoms with van der Waals surface area (Å²) in [7, 11) is 1.66. The van der Waals surface area contributed by atoms with Crippen LogP contribution in [0.15, 0.2) is 24.3 Å². The van der Waals surface area contributed by atoms with Crippen LogP contribution in [0.4, 0.5) is 0 Å². The second kappa shape index (κ2) is 8.94. The molecule has 1 aromatic rings. The quantitative estimate of drug-likeness (QED) is 0.746. The molecule has 0 aliphatic carbocycles. The third-order valence-electron chi connectivity index (χ3n) is 3.27. The van der Waals surface area contributed by atoms with Gasteiger partial charge >= 0.3 is 0 Å². The van der Waals surface area contributed by atoms with E-state index in [-0.39, 0.29) is 12.2 Å². The van der Waals surface area contributed by atoms with E-state index >= 15 is 0 Å². The number of ether oxygens (including phenoxy) is 2. The average molecular weight is 266 g/mol. The van der Waals surface area contributed by atoms with E-state index in [9.17, 15) is 5.11 Å². The third-order valence-corrected chi connectivity index (χ3v) is 3.27. The molecule has 0 heterocycles. The van der Waals surface area contributed by atoms with Crippen LogP contribution in [-0.2, 0) is 11.2 Å². The number of benzene rings is 1. The molecule has 1 N–H and O–H groups in total. The lowest BCUT2D eigenvalue weighted by atomic mass is 10.0. The minimum Gasteiger partial charge on any atom is -0.497 e. The third kappa shape index (κ3) is 5.62. The van der Waals surface area contributed by atoms with E-state index < -0.39 is 0 Å². The van der Waals surface area contributed by atoms with Crippen molar-refractivity contribution >= 4 is 0 Å². The molecule has 0 spiro atoms. The van der Waals surface area contributed by atoms with Crippen LogP contribution in [0.5, 0.6) is 5.75 Å². The fourth-order valence-corrected chi connectivity index (χ4v) is 2.18. The van der Waals surface area contributed by atoms with Gasteiger partial charge in [-0.1, -0.05) is 25.5 Å². The molecule has 0 bridgehead atoms. The number of aryl methyl sites for hydroxylation is 1. The molecule has 0 aliphatic heterocycles. The molecule has 1 rings (SSSR count). The fraction of sp³-hybridized carbons (Fsp3) is 0.625. The molecule has 0 saturated heterocycles. The molecule has 2 unspecified atom stereocenters. The van der Waals surface area contributed by atoms with E-state index in [1.807, 2.05) is 31.2 Å². The summed E-state index contributed by atoms with van der Waals surface area (Å²) in [6.45, 7) is 4.74. The van der Waals surface area contributed by atoms with Crippen molar-refractivity contribution in [2.24, 2.45) is 0 Å². The van der Waals surface area contributed by atoms with Gasteiger partial charge in [0.25, 0.3) is 0 Å². The number of rotatable bonds is 9. The molecule has 19 heavy (non-hydrogen) atoms. The van der Waals surface area contributed by atoms with Crippen molar-refractivity contribution in [2.75, 3.05) is 13.7 Å². The maximum Gasteiger partial charge on any atom is 0.118 e. The minimum absolute atomic E-state index is 0.0340. The van der Waals surface area contributed by atoms with Crippen molar-refractivity contribution in [3.05, 3.63) is 29.8 Å². The van der Waals surface area contributed by atoms with Crippen LogP contribution in [0.1, 0.15) is 38.7 Å². The smallest absolute Gasteiger partial charge is 0.118 e. The maximum atomic E-state index is 10.2. The monoisotopic (exact) mass is 266 g/mol. The Balaban J connectivity index is 2.44. The SMILES string of the molecule is CCCC(OCC)C(O)CCc1ccc(OC)cc1. The number of aliphatic hydroxyl groups excluding tert-OH is 1. The fourth-order valence-electron chi connectivity index (χ4n) is 2.18. The summed E-state index contributed by atoms with van der Waals surface area (Å²) in [4.78, 5) is 0. The van der Waals surface area contributed by atoms with E-state index in [0.29, 0.717) is 6.61 Å². The van der Waals surface area contributed by atoms with Gasteiger partial charge in [0.05, 0.1) is 19.3 Å². The van der Waals surface area contributed by atoms with Crippen LogP contribution in [0.3, 0.4) is 0 Å². The maximum absolute atomic E-state index is 10.2. The van der Waals surface area contributed by atoms with E-state index in [1.165, 1.54) is 5.56 Å². The second-order valence-corrected chi connectivity index (χ2v) is 4.74. The van der Waals surface area contributed by atoms with Gasteiger partial charge in [-0.25, -0.2) is 0 Å². The number of aliphatic hydroxyl groups is 1. The van der Waals surface area contributed by atoms with Crippen LogP contribution < -0.4 is 4.74 Å². The Hall–Kier alpha value is -1.06.